The van der Waals surface area contributed by atoms with Gasteiger partial charge in [0.2, 0.25) is 0 Å². The molecule has 0 N–H and O–H groups in total. The molecule has 30 heavy (non-hydrogen) atoms. The molecule has 3 rings (SSSR count). The van der Waals surface area contributed by atoms with Gasteiger partial charge < -0.3 is 4.74 Å². The van der Waals surface area contributed by atoms with Crippen LogP contribution in [0, 0.1) is 29.6 Å². The minimum Gasteiger partial charge on any atom is -0.426 e. The van der Waals surface area contributed by atoms with Crippen LogP contribution >= 0.6 is 0 Å². The Morgan fingerprint density at radius 1 is 0.933 bits per heavy atom. The fraction of sp³-hybridized carbons (Fsp3) is 0.750. The molecule has 1 aromatic carbocycles. The average molecular weight is 413 g/mol. The van der Waals surface area contributed by atoms with Crippen LogP contribution in [0.25, 0.3) is 0 Å². The van der Waals surface area contributed by atoms with Crippen LogP contribution in [0.4, 0.5) is 0 Å². The van der Waals surface area contributed by atoms with Crippen molar-refractivity contribution in [1.82, 2.24) is 0 Å². The predicted octanol–water partition coefficient (Wildman–Crippen LogP) is 7.98. The number of esters is 1. The molecule has 1 aromatic rings. The standard InChI is InChI=1S/C28H44O2/c1-4-6-21(2)7-5-8-23-11-19-27(20-12-23)30-28(29)26-17-15-25(16-18-26)24-13-9-22(3)10-14-24/h11-12,19-22,24-26H,4-10,13-18H2,1-3H3. The predicted molar refractivity (Wildman–Crippen MR) is 126 cm³/mol. The number of carbonyl (C=O) groups is 1. The van der Waals surface area contributed by atoms with Crippen LogP contribution in [0.1, 0.15) is 103 Å². The Kier molecular flexibility index (Phi) is 9.27. The molecule has 2 saturated carbocycles. The van der Waals surface area contributed by atoms with E-state index in [1.807, 2.05) is 12.1 Å². The monoisotopic (exact) mass is 412 g/mol. The Hall–Kier alpha value is -1.31. The van der Waals surface area contributed by atoms with Gasteiger partial charge in [-0.3, -0.25) is 4.79 Å². The molecule has 168 valence electrons. The zero-order chi connectivity index (χ0) is 21.3. The van der Waals surface area contributed by atoms with E-state index in [0.29, 0.717) is 5.75 Å². The van der Waals surface area contributed by atoms with Crippen molar-refractivity contribution < 1.29 is 9.53 Å². The van der Waals surface area contributed by atoms with Gasteiger partial charge in [0.1, 0.15) is 5.75 Å². The quantitative estimate of drug-likeness (QED) is 0.303. The zero-order valence-corrected chi connectivity index (χ0v) is 19.7. The highest BCUT2D eigenvalue weighted by atomic mass is 16.5. The Bertz CT molecular complexity index is 619. The molecule has 2 fully saturated rings. The van der Waals surface area contributed by atoms with Crippen molar-refractivity contribution in [2.45, 2.75) is 104 Å². The second-order valence-corrected chi connectivity index (χ2v) is 10.5. The minimum atomic E-state index is -0.00754. The first-order chi connectivity index (χ1) is 14.5. The minimum absolute atomic E-state index is 0.00754. The van der Waals surface area contributed by atoms with E-state index < -0.39 is 0 Å². The van der Waals surface area contributed by atoms with Crippen LogP contribution in [0.3, 0.4) is 0 Å². The lowest BCUT2D eigenvalue weighted by Gasteiger charge is -2.36. The fourth-order valence-corrected chi connectivity index (χ4v) is 5.80. The molecule has 0 spiro atoms. The Labute approximate surface area is 185 Å². The molecule has 2 heteroatoms. The summed E-state index contributed by atoms with van der Waals surface area (Å²) >= 11 is 0. The Morgan fingerprint density at radius 2 is 1.53 bits per heavy atom. The molecule has 2 aliphatic carbocycles. The van der Waals surface area contributed by atoms with Gasteiger partial charge in [0.25, 0.3) is 0 Å². The number of hydrogen-bond acceptors (Lipinski definition) is 2. The molecule has 1 atom stereocenters. The SMILES string of the molecule is CCCC(C)CCCc1ccc(OC(=O)C2CCC(C3CCC(C)CC3)CC2)cc1. The molecule has 0 bridgehead atoms. The maximum absolute atomic E-state index is 12.7. The van der Waals surface area contributed by atoms with Crippen LogP contribution in [0.15, 0.2) is 24.3 Å². The number of carbonyl (C=O) groups excluding carboxylic acids is 1. The number of ether oxygens (including phenoxy) is 1. The number of hydrogen-bond donors (Lipinski definition) is 0. The largest absolute Gasteiger partial charge is 0.426 e. The summed E-state index contributed by atoms with van der Waals surface area (Å²) < 4.78 is 5.74. The van der Waals surface area contributed by atoms with E-state index in [0.717, 1.165) is 42.9 Å². The van der Waals surface area contributed by atoms with E-state index in [1.165, 1.54) is 69.8 Å². The summed E-state index contributed by atoms with van der Waals surface area (Å²) in [6.07, 6.45) is 16.4. The summed E-state index contributed by atoms with van der Waals surface area (Å²) in [6.45, 7) is 7.01. The molecule has 0 aromatic heterocycles. The average Bonchev–Trinajstić information content (AvgIpc) is 2.76. The van der Waals surface area contributed by atoms with Gasteiger partial charge in [-0.25, -0.2) is 0 Å². The number of benzene rings is 1. The maximum Gasteiger partial charge on any atom is 0.314 e. The van der Waals surface area contributed by atoms with Gasteiger partial charge in [0.05, 0.1) is 5.92 Å². The van der Waals surface area contributed by atoms with Crippen LogP contribution < -0.4 is 4.74 Å². The molecular formula is C28H44O2. The van der Waals surface area contributed by atoms with Gasteiger partial charge in [0.15, 0.2) is 0 Å². The van der Waals surface area contributed by atoms with E-state index in [9.17, 15) is 4.79 Å². The molecule has 0 radical (unpaired) electrons. The van der Waals surface area contributed by atoms with E-state index in [4.69, 9.17) is 4.74 Å². The van der Waals surface area contributed by atoms with Crippen molar-refractivity contribution in [2.24, 2.45) is 29.6 Å². The van der Waals surface area contributed by atoms with Gasteiger partial charge in [0, 0.05) is 0 Å². The normalized spacial score (nSPS) is 28.1. The van der Waals surface area contributed by atoms with E-state index >= 15 is 0 Å². The zero-order valence-electron chi connectivity index (χ0n) is 19.7. The summed E-state index contributed by atoms with van der Waals surface area (Å²) in [5.74, 6) is 4.31. The third-order valence-corrected chi connectivity index (χ3v) is 7.92. The van der Waals surface area contributed by atoms with E-state index in [-0.39, 0.29) is 11.9 Å². The molecule has 0 amide bonds. The lowest BCUT2D eigenvalue weighted by atomic mass is 9.69. The van der Waals surface area contributed by atoms with Gasteiger partial charge in [-0.15, -0.1) is 0 Å². The van der Waals surface area contributed by atoms with Crippen molar-refractivity contribution >= 4 is 5.97 Å². The summed E-state index contributed by atoms with van der Waals surface area (Å²) in [6, 6.07) is 8.23. The lowest BCUT2D eigenvalue weighted by molar-refractivity contribution is -0.140. The molecule has 0 aliphatic heterocycles. The van der Waals surface area contributed by atoms with Crippen LogP contribution in [-0.2, 0) is 11.2 Å². The van der Waals surface area contributed by atoms with Crippen molar-refractivity contribution in [3.63, 3.8) is 0 Å². The molecule has 2 nitrogen and oxygen atoms in total. The van der Waals surface area contributed by atoms with Crippen molar-refractivity contribution in [2.75, 3.05) is 0 Å². The summed E-state index contributed by atoms with van der Waals surface area (Å²) in [7, 11) is 0. The van der Waals surface area contributed by atoms with Crippen LogP contribution in [0.5, 0.6) is 5.75 Å². The molecule has 1 unspecified atom stereocenters. The highest BCUT2D eigenvalue weighted by molar-refractivity contribution is 5.75. The molecular weight excluding hydrogens is 368 g/mol. The van der Waals surface area contributed by atoms with Crippen molar-refractivity contribution in [3.05, 3.63) is 29.8 Å². The van der Waals surface area contributed by atoms with Crippen molar-refractivity contribution in [3.8, 4) is 5.75 Å². The first-order valence-corrected chi connectivity index (χ1v) is 12.9. The molecule has 0 heterocycles. The number of aryl methyl sites for hydroxylation is 1. The first kappa shape index (κ1) is 23.4. The van der Waals surface area contributed by atoms with E-state index in [1.54, 1.807) is 0 Å². The summed E-state index contributed by atoms with van der Waals surface area (Å²) in [5.41, 5.74) is 1.35. The van der Waals surface area contributed by atoms with Gasteiger partial charge in [-0.2, -0.15) is 0 Å². The lowest BCUT2D eigenvalue weighted by Crippen LogP contribution is -2.29. The fourth-order valence-electron chi connectivity index (χ4n) is 5.80. The van der Waals surface area contributed by atoms with Crippen molar-refractivity contribution in [1.29, 1.82) is 0 Å². The Balaban J connectivity index is 1.37. The smallest absolute Gasteiger partial charge is 0.314 e. The van der Waals surface area contributed by atoms with Crippen LogP contribution in [-0.4, -0.2) is 5.97 Å². The third kappa shape index (κ3) is 7.13. The number of rotatable bonds is 9. The molecule has 2 aliphatic rings. The maximum atomic E-state index is 12.7. The second kappa shape index (κ2) is 11.9. The highest BCUT2D eigenvalue weighted by Crippen LogP contribution is 2.41. The van der Waals surface area contributed by atoms with Crippen LogP contribution in [0.2, 0.25) is 0 Å². The van der Waals surface area contributed by atoms with Gasteiger partial charge in [-0.05, 0) is 92.7 Å². The third-order valence-electron chi connectivity index (χ3n) is 7.92. The summed E-state index contributed by atoms with van der Waals surface area (Å²) in [4.78, 5) is 12.7. The topological polar surface area (TPSA) is 26.3 Å². The van der Waals surface area contributed by atoms with Gasteiger partial charge in [-0.1, -0.05) is 65.0 Å². The second-order valence-electron chi connectivity index (χ2n) is 10.5. The van der Waals surface area contributed by atoms with Gasteiger partial charge >= 0.3 is 5.97 Å². The summed E-state index contributed by atoms with van der Waals surface area (Å²) in [5, 5.41) is 0. The Morgan fingerprint density at radius 3 is 2.13 bits per heavy atom. The molecule has 0 saturated heterocycles. The van der Waals surface area contributed by atoms with E-state index in [2.05, 4.69) is 32.9 Å². The first-order valence-electron chi connectivity index (χ1n) is 12.9. The highest BCUT2D eigenvalue weighted by Gasteiger charge is 2.33.